The minimum atomic E-state index is 0.0770. The molecule has 3 heterocycles. The second kappa shape index (κ2) is 7.33. The van der Waals surface area contributed by atoms with Crippen LogP contribution in [-0.2, 0) is 24.2 Å². The number of ether oxygens (including phenoxy) is 1. The molecule has 1 saturated heterocycles. The van der Waals surface area contributed by atoms with Gasteiger partial charge in [-0.15, -0.1) is 10.2 Å². The lowest BCUT2D eigenvalue weighted by Crippen LogP contribution is -2.44. The second-order valence-corrected chi connectivity index (χ2v) is 8.24. The van der Waals surface area contributed by atoms with Gasteiger partial charge in [0.25, 0.3) is 5.91 Å². The zero-order valence-electron chi connectivity index (χ0n) is 16.4. The molecule has 2 aliphatic rings. The van der Waals surface area contributed by atoms with Gasteiger partial charge in [0.05, 0.1) is 6.04 Å². The quantitative estimate of drug-likeness (QED) is 0.814. The molecular formula is C21H28N4O2. The molecule has 2 aromatic rings. The zero-order valence-corrected chi connectivity index (χ0v) is 16.4. The maximum atomic E-state index is 13.0. The Kier molecular flexibility index (Phi) is 4.89. The number of benzene rings is 1. The topological polar surface area (TPSA) is 60.2 Å². The number of rotatable bonds is 5. The average Bonchev–Trinajstić information content (AvgIpc) is 3.12. The van der Waals surface area contributed by atoms with E-state index in [1.807, 2.05) is 31.2 Å². The molecule has 4 rings (SSSR count). The molecule has 1 aromatic heterocycles. The van der Waals surface area contributed by atoms with E-state index < -0.39 is 0 Å². The van der Waals surface area contributed by atoms with Crippen molar-refractivity contribution in [1.82, 2.24) is 19.7 Å². The lowest BCUT2D eigenvalue weighted by Gasteiger charge is -2.28. The predicted molar refractivity (Wildman–Crippen MR) is 103 cm³/mol. The van der Waals surface area contributed by atoms with Crippen LogP contribution in [0.1, 0.15) is 43.9 Å². The summed E-state index contributed by atoms with van der Waals surface area (Å²) in [4.78, 5) is 15.0. The summed E-state index contributed by atoms with van der Waals surface area (Å²) in [6.07, 6.45) is 3.79. The molecule has 2 aliphatic heterocycles. The van der Waals surface area contributed by atoms with Gasteiger partial charge in [-0.2, -0.15) is 0 Å². The van der Waals surface area contributed by atoms with Crippen molar-refractivity contribution >= 4 is 5.91 Å². The minimum Gasteiger partial charge on any atom is -0.484 e. The maximum Gasteiger partial charge on any atom is 0.261 e. The number of aryl methyl sites for hydroxylation is 1. The van der Waals surface area contributed by atoms with E-state index in [4.69, 9.17) is 4.74 Å². The van der Waals surface area contributed by atoms with Crippen molar-refractivity contribution in [1.29, 1.82) is 0 Å². The standard InChI is InChI=1S/C21H28N4O2/c1-14(2)9-19-22-23-20-11-16-7-8-17(12-24(19)20)25(16)21(26)13-27-18-6-4-5-15(3)10-18/h4-6,10,14,16-17H,7-9,11-13H2,1-3H3. The van der Waals surface area contributed by atoms with Crippen LogP contribution in [0, 0.1) is 12.8 Å². The van der Waals surface area contributed by atoms with Crippen molar-refractivity contribution < 1.29 is 9.53 Å². The van der Waals surface area contributed by atoms with Crippen molar-refractivity contribution in [2.24, 2.45) is 5.92 Å². The Balaban J connectivity index is 1.47. The van der Waals surface area contributed by atoms with Gasteiger partial charge < -0.3 is 14.2 Å². The van der Waals surface area contributed by atoms with Crippen LogP contribution in [0.5, 0.6) is 5.75 Å². The molecule has 6 nitrogen and oxygen atoms in total. The van der Waals surface area contributed by atoms with Crippen LogP contribution in [0.2, 0.25) is 0 Å². The summed E-state index contributed by atoms with van der Waals surface area (Å²) in [7, 11) is 0. The number of carbonyl (C=O) groups excluding carboxylic acids is 1. The van der Waals surface area contributed by atoms with Gasteiger partial charge in [-0.1, -0.05) is 26.0 Å². The van der Waals surface area contributed by atoms with E-state index in [9.17, 15) is 4.79 Å². The van der Waals surface area contributed by atoms with Gasteiger partial charge in [-0.05, 0) is 43.4 Å². The number of carbonyl (C=O) groups is 1. The summed E-state index contributed by atoms with van der Waals surface area (Å²) >= 11 is 0. The molecule has 6 heteroatoms. The first-order valence-electron chi connectivity index (χ1n) is 9.93. The summed E-state index contributed by atoms with van der Waals surface area (Å²) in [6.45, 7) is 7.31. The average molecular weight is 368 g/mol. The number of fused-ring (bicyclic) bond motifs is 3. The molecule has 27 heavy (non-hydrogen) atoms. The first-order valence-corrected chi connectivity index (χ1v) is 9.93. The molecular weight excluding hydrogens is 340 g/mol. The van der Waals surface area contributed by atoms with Gasteiger partial charge in [0.1, 0.15) is 17.4 Å². The monoisotopic (exact) mass is 368 g/mol. The van der Waals surface area contributed by atoms with Gasteiger partial charge in [0, 0.05) is 25.4 Å². The van der Waals surface area contributed by atoms with Crippen molar-refractivity contribution in [3.8, 4) is 5.75 Å². The fourth-order valence-corrected chi connectivity index (χ4v) is 4.34. The lowest BCUT2D eigenvalue weighted by atomic mass is 10.1. The Bertz CT molecular complexity index is 829. The summed E-state index contributed by atoms with van der Waals surface area (Å²) in [5.74, 6) is 3.44. The van der Waals surface area contributed by atoms with Crippen LogP contribution in [0.15, 0.2) is 24.3 Å². The van der Waals surface area contributed by atoms with E-state index in [-0.39, 0.29) is 24.6 Å². The highest BCUT2D eigenvalue weighted by Crippen LogP contribution is 2.32. The van der Waals surface area contributed by atoms with E-state index in [0.29, 0.717) is 5.92 Å². The number of hydrogen-bond acceptors (Lipinski definition) is 4. The third-order valence-electron chi connectivity index (χ3n) is 5.57. The molecule has 2 unspecified atom stereocenters. The molecule has 1 aromatic carbocycles. The van der Waals surface area contributed by atoms with Gasteiger partial charge >= 0.3 is 0 Å². The first kappa shape index (κ1) is 18.0. The number of amides is 1. The Morgan fingerprint density at radius 2 is 2.07 bits per heavy atom. The van der Waals surface area contributed by atoms with Crippen molar-refractivity contribution in [3.63, 3.8) is 0 Å². The zero-order chi connectivity index (χ0) is 19.0. The SMILES string of the molecule is Cc1cccc(OCC(=O)N2C3CCC2Cn2c(CC(C)C)nnc2C3)c1. The van der Waals surface area contributed by atoms with Gasteiger partial charge in [0.2, 0.25) is 0 Å². The van der Waals surface area contributed by atoms with Gasteiger partial charge in [-0.3, -0.25) is 4.79 Å². The first-order chi connectivity index (χ1) is 13.0. The third kappa shape index (κ3) is 3.70. The predicted octanol–water partition coefficient (Wildman–Crippen LogP) is 2.78. The van der Waals surface area contributed by atoms with Crippen molar-refractivity contribution in [2.75, 3.05) is 6.61 Å². The fourth-order valence-electron chi connectivity index (χ4n) is 4.34. The number of hydrogen-bond donors (Lipinski definition) is 0. The Labute approximate surface area is 160 Å². The molecule has 0 spiro atoms. The fraction of sp³-hybridized carbons (Fsp3) is 0.571. The molecule has 2 atom stereocenters. The number of nitrogens with zero attached hydrogens (tertiary/aromatic N) is 4. The normalized spacial score (nSPS) is 21.3. The molecule has 0 N–H and O–H groups in total. The highest BCUT2D eigenvalue weighted by atomic mass is 16.5. The molecule has 144 valence electrons. The Hall–Kier alpha value is -2.37. The van der Waals surface area contributed by atoms with Gasteiger partial charge in [-0.25, -0.2) is 0 Å². The van der Waals surface area contributed by atoms with Gasteiger partial charge in [0.15, 0.2) is 6.61 Å². The van der Waals surface area contributed by atoms with E-state index in [1.165, 1.54) is 0 Å². The number of aromatic nitrogens is 3. The molecule has 0 aliphatic carbocycles. The molecule has 1 amide bonds. The van der Waals surface area contributed by atoms with Crippen molar-refractivity contribution in [2.45, 2.75) is 65.1 Å². The van der Waals surface area contributed by atoms with E-state index in [0.717, 1.165) is 55.2 Å². The molecule has 1 fully saturated rings. The van der Waals surface area contributed by atoms with Crippen LogP contribution in [-0.4, -0.2) is 44.3 Å². The van der Waals surface area contributed by atoms with Crippen molar-refractivity contribution in [3.05, 3.63) is 41.5 Å². The van der Waals surface area contributed by atoms with E-state index >= 15 is 0 Å². The lowest BCUT2D eigenvalue weighted by molar-refractivity contribution is -0.136. The molecule has 0 radical (unpaired) electrons. The third-order valence-corrected chi connectivity index (χ3v) is 5.57. The highest BCUT2D eigenvalue weighted by Gasteiger charge is 2.41. The van der Waals surface area contributed by atoms with Crippen LogP contribution in [0.4, 0.5) is 0 Å². The molecule has 0 saturated carbocycles. The van der Waals surface area contributed by atoms with Crippen LogP contribution < -0.4 is 4.74 Å². The molecule has 2 bridgehead atoms. The maximum absolute atomic E-state index is 13.0. The Morgan fingerprint density at radius 3 is 2.85 bits per heavy atom. The van der Waals surface area contributed by atoms with Crippen LogP contribution >= 0.6 is 0 Å². The van der Waals surface area contributed by atoms with Crippen LogP contribution in [0.3, 0.4) is 0 Å². The summed E-state index contributed by atoms with van der Waals surface area (Å²) in [5, 5.41) is 8.84. The van der Waals surface area contributed by atoms with E-state index in [1.54, 1.807) is 0 Å². The largest absolute Gasteiger partial charge is 0.484 e. The highest BCUT2D eigenvalue weighted by molar-refractivity contribution is 5.79. The summed E-state index contributed by atoms with van der Waals surface area (Å²) in [5.41, 5.74) is 1.13. The van der Waals surface area contributed by atoms with Crippen LogP contribution in [0.25, 0.3) is 0 Å². The summed E-state index contributed by atoms with van der Waals surface area (Å²) in [6, 6.07) is 8.26. The van der Waals surface area contributed by atoms with E-state index in [2.05, 4.69) is 33.5 Å². The summed E-state index contributed by atoms with van der Waals surface area (Å²) < 4.78 is 8.03. The minimum absolute atomic E-state index is 0.0770. The Morgan fingerprint density at radius 1 is 1.26 bits per heavy atom. The second-order valence-electron chi connectivity index (χ2n) is 8.24. The smallest absolute Gasteiger partial charge is 0.261 e.